The molecule has 0 spiro atoms. The van der Waals surface area contributed by atoms with Crippen LogP contribution in [0.1, 0.15) is 41.1 Å². The summed E-state index contributed by atoms with van der Waals surface area (Å²) in [6, 6.07) is 1.83. The summed E-state index contributed by atoms with van der Waals surface area (Å²) in [5.74, 6) is 0.653. The highest BCUT2D eigenvalue weighted by atomic mass is 32.1. The molecule has 0 aromatic carbocycles. The number of rotatable bonds is 6. The van der Waals surface area contributed by atoms with Crippen molar-refractivity contribution in [3.8, 4) is 0 Å². The third kappa shape index (κ3) is 4.25. The van der Waals surface area contributed by atoms with Gasteiger partial charge in [-0.2, -0.15) is 4.98 Å². The van der Waals surface area contributed by atoms with Crippen molar-refractivity contribution in [3.63, 3.8) is 0 Å². The summed E-state index contributed by atoms with van der Waals surface area (Å²) in [5, 5.41) is 17.4. The Hall–Kier alpha value is -2.03. The Balaban J connectivity index is 1.48. The van der Waals surface area contributed by atoms with E-state index in [1.54, 1.807) is 6.08 Å². The van der Waals surface area contributed by atoms with Crippen LogP contribution in [0.4, 0.5) is 0 Å². The Morgan fingerprint density at radius 2 is 2.48 bits per heavy atom. The third-order valence-electron chi connectivity index (χ3n) is 3.37. The molecule has 1 fully saturated rings. The Labute approximate surface area is 137 Å². The number of carbonyl (C=O) groups is 1. The van der Waals surface area contributed by atoms with E-state index < -0.39 is 0 Å². The first-order valence-electron chi connectivity index (χ1n) is 7.33. The molecule has 1 saturated heterocycles. The van der Waals surface area contributed by atoms with Crippen molar-refractivity contribution >= 4 is 23.3 Å². The van der Waals surface area contributed by atoms with E-state index in [0.29, 0.717) is 18.3 Å². The van der Waals surface area contributed by atoms with Gasteiger partial charge in [0.1, 0.15) is 6.10 Å². The standard InChI is InChI=1S/C15H17N3O4S/c19-8-10-6-11(23-9-10)3-4-14(20)16-7-13-17-15(22-18-13)12-2-1-5-21-12/h3-4,6,9,12,19H,1-2,5,7-8H2,(H,16,20)/b4-3+. The lowest BCUT2D eigenvalue weighted by atomic mass is 10.2. The van der Waals surface area contributed by atoms with E-state index in [-0.39, 0.29) is 25.2 Å². The Morgan fingerprint density at radius 1 is 1.57 bits per heavy atom. The largest absolute Gasteiger partial charge is 0.392 e. The van der Waals surface area contributed by atoms with Gasteiger partial charge in [-0.1, -0.05) is 5.16 Å². The molecular formula is C15H17N3O4S. The lowest BCUT2D eigenvalue weighted by molar-refractivity contribution is -0.116. The zero-order valence-electron chi connectivity index (χ0n) is 12.4. The highest BCUT2D eigenvalue weighted by molar-refractivity contribution is 7.11. The monoisotopic (exact) mass is 335 g/mol. The van der Waals surface area contributed by atoms with Crippen molar-refractivity contribution in [2.45, 2.75) is 32.1 Å². The van der Waals surface area contributed by atoms with Crippen LogP contribution in [0.25, 0.3) is 6.08 Å². The molecule has 7 nitrogen and oxygen atoms in total. The fourth-order valence-electron chi connectivity index (χ4n) is 2.19. The number of nitrogens with one attached hydrogen (secondary N) is 1. The molecule has 3 rings (SSSR count). The summed E-state index contributed by atoms with van der Waals surface area (Å²) in [5.41, 5.74) is 0.837. The van der Waals surface area contributed by atoms with Crippen molar-refractivity contribution in [2.75, 3.05) is 6.61 Å². The fourth-order valence-corrected chi connectivity index (χ4v) is 2.99. The van der Waals surface area contributed by atoms with E-state index >= 15 is 0 Å². The molecule has 122 valence electrons. The second-order valence-corrected chi connectivity index (χ2v) is 6.06. The molecule has 1 aliphatic heterocycles. The highest BCUT2D eigenvalue weighted by Crippen LogP contribution is 2.26. The second kappa shape index (κ2) is 7.49. The number of nitrogens with zero attached hydrogens (tertiary/aromatic N) is 2. The molecule has 0 bridgehead atoms. The van der Waals surface area contributed by atoms with Gasteiger partial charge in [0.05, 0.1) is 13.2 Å². The Kier molecular flexibility index (Phi) is 5.16. The lowest BCUT2D eigenvalue weighted by Crippen LogP contribution is -2.20. The van der Waals surface area contributed by atoms with Crippen LogP contribution in [0.15, 0.2) is 22.0 Å². The molecule has 2 aromatic rings. The first-order valence-corrected chi connectivity index (χ1v) is 8.21. The number of aliphatic hydroxyl groups excluding tert-OH is 1. The average molecular weight is 335 g/mol. The van der Waals surface area contributed by atoms with E-state index in [0.717, 1.165) is 23.3 Å². The first kappa shape index (κ1) is 15.9. The maximum atomic E-state index is 11.8. The van der Waals surface area contributed by atoms with Crippen LogP contribution in [-0.4, -0.2) is 27.8 Å². The Bertz CT molecular complexity index is 688. The predicted molar refractivity (Wildman–Crippen MR) is 83.3 cm³/mol. The summed E-state index contributed by atoms with van der Waals surface area (Å²) >= 11 is 1.47. The molecule has 3 heterocycles. The van der Waals surface area contributed by atoms with Crippen molar-refractivity contribution in [1.29, 1.82) is 0 Å². The van der Waals surface area contributed by atoms with Crippen LogP contribution >= 0.6 is 11.3 Å². The Morgan fingerprint density at radius 3 is 3.22 bits per heavy atom. The number of carbonyl (C=O) groups excluding carboxylic acids is 1. The minimum atomic E-state index is -0.243. The molecule has 0 saturated carbocycles. The van der Waals surface area contributed by atoms with Crippen molar-refractivity contribution in [1.82, 2.24) is 15.5 Å². The van der Waals surface area contributed by atoms with E-state index in [1.807, 2.05) is 11.4 Å². The first-order chi connectivity index (χ1) is 11.2. The summed E-state index contributed by atoms with van der Waals surface area (Å²) in [4.78, 5) is 16.9. The maximum absolute atomic E-state index is 11.8. The molecule has 2 aromatic heterocycles. The SMILES string of the molecule is O=C(/C=C/c1cc(CO)cs1)NCc1noc(C2CCCO2)n1. The number of aliphatic hydroxyl groups is 1. The van der Waals surface area contributed by atoms with Gasteiger partial charge in [0.15, 0.2) is 5.82 Å². The third-order valence-corrected chi connectivity index (χ3v) is 4.31. The second-order valence-electron chi connectivity index (χ2n) is 5.12. The van der Waals surface area contributed by atoms with Gasteiger partial charge in [-0.15, -0.1) is 11.3 Å². The molecule has 8 heteroatoms. The average Bonchev–Trinajstić information content (AvgIpc) is 3.31. The quantitative estimate of drug-likeness (QED) is 0.781. The molecule has 2 N–H and O–H groups in total. The van der Waals surface area contributed by atoms with E-state index in [9.17, 15) is 4.79 Å². The zero-order valence-corrected chi connectivity index (χ0v) is 13.2. The lowest BCUT2D eigenvalue weighted by Gasteiger charge is -2.00. The van der Waals surface area contributed by atoms with Gasteiger partial charge in [0.2, 0.25) is 5.91 Å². The van der Waals surface area contributed by atoms with Crippen LogP contribution in [0, 0.1) is 0 Å². The maximum Gasteiger partial charge on any atom is 0.255 e. The molecule has 1 atom stereocenters. The van der Waals surface area contributed by atoms with Gasteiger partial charge in [0, 0.05) is 17.6 Å². The van der Waals surface area contributed by atoms with Gasteiger partial charge < -0.3 is 19.7 Å². The summed E-state index contributed by atoms with van der Waals surface area (Å²) in [6.07, 6.45) is 4.89. The minimum Gasteiger partial charge on any atom is -0.392 e. The van der Waals surface area contributed by atoms with Crippen molar-refractivity contribution in [3.05, 3.63) is 39.7 Å². The molecule has 1 unspecified atom stereocenters. The van der Waals surface area contributed by atoms with E-state index in [2.05, 4.69) is 15.5 Å². The number of hydrogen-bond donors (Lipinski definition) is 2. The highest BCUT2D eigenvalue weighted by Gasteiger charge is 2.23. The number of amides is 1. The van der Waals surface area contributed by atoms with Gasteiger partial charge >= 0.3 is 0 Å². The molecular weight excluding hydrogens is 318 g/mol. The van der Waals surface area contributed by atoms with Crippen molar-refractivity contribution < 1.29 is 19.2 Å². The molecule has 0 aliphatic carbocycles. The number of ether oxygens (including phenoxy) is 1. The number of hydrogen-bond acceptors (Lipinski definition) is 7. The normalized spacial score (nSPS) is 17.9. The molecule has 1 aliphatic rings. The molecule has 23 heavy (non-hydrogen) atoms. The van der Waals surface area contributed by atoms with E-state index in [1.165, 1.54) is 17.4 Å². The number of thiophene rings is 1. The van der Waals surface area contributed by atoms with Crippen LogP contribution in [-0.2, 0) is 22.7 Å². The van der Waals surface area contributed by atoms with Crippen LogP contribution in [0.3, 0.4) is 0 Å². The number of aromatic nitrogens is 2. The summed E-state index contributed by atoms with van der Waals surface area (Å²) < 4.78 is 10.6. The topological polar surface area (TPSA) is 97.5 Å². The van der Waals surface area contributed by atoms with Crippen LogP contribution in [0.5, 0.6) is 0 Å². The fraction of sp³-hybridized carbons (Fsp3) is 0.400. The van der Waals surface area contributed by atoms with Gasteiger partial charge in [-0.3, -0.25) is 4.79 Å². The van der Waals surface area contributed by atoms with E-state index in [4.69, 9.17) is 14.4 Å². The molecule has 0 radical (unpaired) electrons. The van der Waals surface area contributed by atoms with Crippen molar-refractivity contribution in [2.24, 2.45) is 0 Å². The van der Waals surface area contributed by atoms with Crippen LogP contribution < -0.4 is 5.32 Å². The smallest absolute Gasteiger partial charge is 0.255 e. The zero-order chi connectivity index (χ0) is 16.1. The summed E-state index contributed by atoms with van der Waals surface area (Å²) in [7, 11) is 0. The predicted octanol–water partition coefficient (Wildman–Crippen LogP) is 1.80. The van der Waals surface area contributed by atoms with Crippen LogP contribution in [0.2, 0.25) is 0 Å². The van der Waals surface area contributed by atoms with Gasteiger partial charge in [0.25, 0.3) is 5.89 Å². The summed E-state index contributed by atoms with van der Waals surface area (Å²) in [6.45, 7) is 0.914. The van der Waals surface area contributed by atoms with Gasteiger partial charge in [-0.25, -0.2) is 0 Å². The molecule has 1 amide bonds. The van der Waals surface area contributed by atoms with Gasteiger partial charge in [-0.05, 0) is 35.9 Å². The minimum absolute atomic E-state index is 0.00140.